The number of hydrogen-bond donors (Lipinski definition) is 0. The van der Waals surface area contributed by atoms with Gasteiger partial charge >= 0.3 is 0 Å². The van der Waals surface area contributed by atoms with E-state index in [2.05, 4.69) is 60.4 Å². The minimum absolute atomic E-state index is 0.0883. The van der Waals surface area contributed by atoms with E-state index in [-0.39, 0.29) is 29.7 Å². The Morgan fingerprint density at radius 2 is 1.74 bits per heavy atom. The molecule has 0 aromatic heterocycles. The van der Waals surface area contributed by atoms with Gasteiger partial charge in [-0.1, -0.05) is 54.1 Å². The smallest absolute Gasteiger partial charge is 0.228 e. The maximum atomic E-state index is 13.9. The summed E-state index contributed by atoms with van der Waals surface area (Å²) in [5, 5.41) is 0. The second-order valence-electron chi connectivity index (χ2n) is 9.60. The minimum Gasteiger partial charge on any atom is -0.342 e. The number of rotatable bonds is 5. The van der Waals surface area contributed by atoms with Gasteiger partial charge in [0, 0.05) is 25.6 Å². The molecule has 31 heavy (non-hydrogen) atoms. The molecule has 1 aliphatic heterocycles. The van der Waals surface area contributed by atoms with Crippen molar-refractivity contribution in [2.75, 3.05) is 13.1 Å². The van der Waals surface area contributed by atoms with Gasteiger partial charge in [0.15, 0.2) is 0 Å². The van der Waals surface area contributed by atoms with Gasteiger partial charge < -0.3 is 9.80 Å². The van der Waals surface area contributed by atoms with E-state index >= 15 is 0 Å². The fourth-order valence-electron chi connectivity index (χ4n) is 5.29. The van der Waals surface area contributed by atoms with E-state index in [4.69, 9.17) is 0 Å². The molecule has 5 rings (SSSR count). The predicted molar refractivity (Wildman–Crippen MR) is 121 cm³/mol. The van der Waals surface area contributed by atoms with E-state index in [1.54, 1.807) is 0 Å². The van der Waals surface area contributed by atoms with Crippen molar-refractivity contribution in [2.45, 2.75) is 58.0 Å². The zero-order chi connectivity index (χ0) is 21.4. The molecule has 2 aliphatic carbocycles. The number of hydrogen-bond acceptors (Lipinski definition) is 2. The molecule has 2 aromatic carbocycles. The number of carbonyl (C=O) groups is 2. The second kappa shape index (κ2) is 8.49. The first-order valence-corrected chi connectivity index (χ1v) is 11.8. The first-order chi connectivity index (χ1) is 15.1. The van der Waals surface area contributed by atoms with Crippen LogP contribution in [0.1, 0.15) is 60.4 Å². The van der Waals surface area contributed by atoms with Gasteiger partial charge in [0.1, 0.15) is 0 Å². The number of piperidine rings is 1. The van der Waals surface area contributed by atoms with Crippen LogP contribution in [0, 0.1) is 18.8 Å². The number of aryl methyl sites for hydroxylation is 2. The standard InChI is InChI=1S/C27H32N2O2/c1-19-8-10-20(11-9-19)17-29(25-15-14-21-5-2-3-7-24(21)25)27(31)23-6-4-16-28(18-23)26(30)22-12-13-22/h2-3,5,7-11,22-23,25H,4,6,12-18H2,1H3. The van der Waals surface area contributed by atoms with Gasteiger partial charge in [-0.05, 0) is 62.1 Å². The molecule has 3 aliphatic rings. The summed E-state index contributed by atoms with van der Waals surface area (Å²) in [7, 11) is 0. The molecule has 2 atom stereocenters. The van der Waals surface area contributed by atoms with E-state index < -0.39 is 0 Å². The number of fused-ring (bicyclic) bond motifs is 1. The molecule has 1 heterocycles. The highest BCUT2D eigenvalue weighted by molar-refractivity contribution is 5.84. The van der Waals surface area contributed by atoms with E-state index in [1.807, 2.05) is 4.90 Å². The second-order valence-corrected chi connectivity index (χ2v) is 9.60. The predicted octanol–water partition coefficient (Wildman–Crippen LogP) is 4.66. The fourth-order valence-corrected chi connectivity index (χ4v) is 5.29. The summed E-state index contributed by atoms with van der Waals surface area (Å²) in [6.07, 6.45) is 5.85. The summed E-state index contributed by atoms with van der Waals surface area (Å²) < 4.78 is 0. The molecule has 162 valence electrons. The average molecular weight is 417 g/mol. The first kappa shape index (κ1) is 20.3. The molecular weight excluding hydrogens is 384 g/mol. The van der Waals surface area contributed by atoms with Crippen LogP contribution in [0.2, 0.25) is 0 Å². The molecule has 2 amide bonds. The lowest BCUT2D eigenvalue weighted by Gasteiger charge is -2.37. The van der Waals surface area contributed by atoms with E-state index in [9.17, 15) is 9.59 Å². The molecule has 4 nitrogen and oxygen atoms in total. The van der Waals surface area contributed by atoms with Crippen LogP contribution in [0.25, 0.3) is 0 Å². The van der Waals surface area contributed by atoms with Crippen LogP contribution in [0.15, 0.2) is 48.5 Å². The van der Waals surface area contributed by atoms with Gasteiger partial charge in [0.2, 0.25) is 11.8 Å². The lowest BCUT2D eigenvalue weighted by Crippen LogP contribution is -2.47. The van der Waals surface area contributed by atoms with Crippen LogP contribution in [0.3, 0.4) is 0 Å². The van der Waals surface area contributed by atoms with Crippen molar-refractivity contribution in [3.63, 3.8) is 0 Å². The summed E-state index contributed by atoms with van der Waals surface area (Å²) in [4.78, 5) is 30.6. The maximum Gasteiger partial charge on any atom is 0.228 e. The monoisotopic (exact) mass is 416 g/mol. The van der Waals surface area contributed by atoms with Gasteiger partial charge in [0.25, 0.3) is 0 Å². The summed E-state index contributed by atoms with van der Waals surface area (Å²) in [6.45, 7) is 4.12. The van der Waals surface area contributed by atoms with Gasteiger partial charge in [-0.2, -0.15) is 0 Å². The van der Waals surface area contributed by atoms with Crippen molar-refractivity contribution >= 4 is 11.8 Å². The third kappa shape index (κ3) is 4.26. The Morgan fingerprint density at radius 1 is 0.968 bits per heavy atom. The largest absolute Gasteiger partial charge is 0.342 e. The van der Waals surface area contributed by atoms with Gasteiger partial charge in [-0.3, -0.25) is 9.59 Å². The van der Waals surface area contributed by atoms with Crippen LogP contribution >= 0.6 is 0 Å². The van der Waals surface area contributed by atoms with Crippen LogP contribution in [0.5, 0.6) is 0 Å². The topological polar surface area (TPSA) is 40.6 Å². The zero-order valence-corrected chi connectivity index (χ0v) is 18.4. The third-order valence-electron chi connectivity index (χ3n) is 7.24. The molecule has 2 fully saturated rings. The summed E-state index contributed by atoms with van der Waals surface area (Å²) in [5.41, 5.74) is 5.06. The fraction of sp³-hybridized carbons (Fsp3) is 0.481. The van der Waals surface area contributed by atoms with E-state index in [1.165, 1.54) is 22.3 Å². The maximum absolute atomic E-state index is 13.9. The Balaban J connectivity index is 1.40. The molecule has 4 heteroatoms. The molecule has 0 radical (unpaired) electrons. The molecule has 0 spiro atoms. The number of benzene rings is 2. The molecule has 2 aromatic rings. The average Bonchev–Trinajstić information content (AvgIpc) is 3.57. The first-order valence-electron chi connectivity index (χ1n) is 11.8. The Bertz CT molecular complexity index is 963. The van der Waals surface area contributed by atoms with Gasteiger partial charge in [-0.15, -0.1) is 0 Å². The van der Waals surface area contributed by atoms with Crippen molar-refractivity contribution in [1.82, 2.24) is 9.80 Å². The summed E-state index contributed by atoms with van der Waals surface area (Å²) in [6, 6.07) is 17.2. The molecule has 2 unspecified atom stereocenters. The SMILES string of the molecule is Cc1ccc(CN(C(=O)C2CCCN(C(=O)C3CC3)C2)C2CCc3ccccc32)cc1. The number of likely N-dealkylation sites (tertiary alicyclic amines) is 1. The van der Waals surface area contributed by atoms with Crippen LogP contribution in [-0.2, 0) is 22.6 Å². The molecule has 0 bridgehead atoms. The highest BCUT2D eigenvalue weighted by Gasteiger charge is 2.39. The quantitative estimate of drug-likeness (QED) is 0.711. The molecule has 1 saturated carbocycles. The Morgan fingerprint density at radius 3 is 2.52 bits per heavy atom. The molecule has 0 N–H and O–H groups in total. The lowest BCUT2D eigenvalue weighted by atomic mass is 9.94. The third-order valence-corrected chi connectivity index (χ3v) is 7.24. The highest BCUT2D eigenvalue weighted by Crippen LogP contribution is 2.38. The van der Waals surface area contributed by atoms with Crippen LogP contribution in [0.4, 0.5) is 0 Å². The molecule has 1 saturated heterocycles. The Kier molecular flexibility index (Phi) is 5.56. The van der Waals surface area contributed by atoms with Crippen molar-refractivity contribution in [3.05, 3.63) is 70.8 Å². The van der Waals surface area contributed by atoms with Crippen molar-refractivity contribution in [2.24, 2.45) is 11.8 Å². The summed E-state index contributed by atoms with van der Waals surface area (Å²) in [5.74, 6) is 0.623. The van der Waals surface area contributed by atoms with Gasteiger partial charge in [0.05, 0.1) is 12.0 Å². The highest BCUT2D eigenvalue weighted by atomic mass is 16.2. The summed E-state index contributed by atoms with van der Waals surface area (Å²) >= 11 is 0. The van der Waals surface area contributed by atoms with Crippen molar-refractivity contribution in [1.29, 1.82) is 0 Å². The zero-order valence-electron chi connectivity index (χ0n) is 18.4. The van der Waals surface area contributed by atoms with E-state index in [0.717, 1.165) is 45.1 Å². The van der Waals surface area contributed by atoms with Crippen molar-refractivity contribution < 1.29 is 9.59 Å². The normalized spacial score (nSPS) is 22.8. The number of carbonyl (C=O) groups excluding carboxylic acids is 2. The minimum atomic E-state index is -0.0883. The van der Waals surface area contributed by atoms with Gasteiger partial charge in [-0.25, -0.2) is 0 Å². The number of nitrogens with zero attached hydrogens (tertiary/aromatic N) is 2. The van der Waals surface area contributed by atoms with Crippen LogP contribution in [-0.4, -0.2) is 34.7 Å². The Hall–Kier alpha value is -2.62. The van der Waals surface area contributed by atoms with Crippen molar-refractivity contribution in [3.8, 4) is 0 Å². The van der Waals surface area contributed by atoms with E-state index in [0.29, 0.717) is 13.1 Å². The van der Waals surface area contributed by atoms with Crippen LogP contribution < -0.4 is 0 Å². The lowest BCUT2D eigenvalue weighted by molar-refractivity contribution is -0.143. The number of amides is 2. The Labute approximate surface area is 185 Å². The molecular formula is C27H32N2O2.